The van der Waals surface area contributed by atoms with Crippen LogP contribution in [0.15, 0.2) is 53.6 Å². The number of rotatable bonds is 8. The van der Waals surface area contributed by atoms with E-state index >= 15 is 4.39 Å². The highest BCUT2D eigenvalue weighted by Gasteiger charge is 2.27. The van der Waals surface area contributed by atoms with Crippen LogP contribution in [0.5, 0.6) is 5.75 Å². The lowest BCUT2D eigenvalue weighted by Crippen LogP contribution is -2.34. The van der Waals surface area contributed by atoms with Crippen LogP contribution in [0.4, 0.5) is 10.2 Å². The highest BCUT2D eigenvalue weighted by atomic mass is 32.2. The number of halogens is 1. The second kappa shape index (κ2) is 11.4. The molecule has 1 aromatic heterocycles. The van der Waals surface area contributed by atoms with Crippen LogP contribution in [0, 0.1) is 5.82 Å². The van der Waals surface area contributed by atoms with Gasteiger partial charge in [0.15, 0.2) is 9.84 Å². The fourth-order valence-corrected chi connectivity index (χ4v) is 5.40. The molecule has 0 saturated heterocycles. The molecule has 206 valence electrons. The number of primary amides is 1. The smallest absolute Gasteiger partial charge is 0.254 e. The van der Waals surface area contributed by atoms with Crippen molar-refractivity contribution in [2.45, 2.75) is 31.7 Å². The van der Waals surface area contributed by atoms with Crippen molar-refractivity contribution in [1.29, 1.82) is 0 Å². The van der Waals surface area contributed by atoms with Crippen LogP contribution in [-0.2, 0) is 27.6 Å². The van der Waals surface area contributed by atoms with Gasteiger partial charge in [0, 0.05) is 47.8 Å². The van der Waals surface area contributed by atoms with Gasteiger partial charge in [-0.05, 0) is 55.3 Å². The van der Waals surface area contributed by atoms with Gasteiger partial charge >= 0.3 is 0 Å². The van der Waals surface area contributed by atoms with Gasteiger partial charge in [0.1, 0.15) is 28.9 Å². The number of carbonyl (C=O) groups is 2. The van der Waals surface area contributed by atoms with E-state index in [1.807, 2.05) is 37.3 Å². The summed E-state index contributed by atoms with van der Waals surface area (Å²) in [6.07, 6.45) is 2.82. The molecule has 0 spiro atoms. The molecule has 4 rings (SSSR count). The Hall–Kier alpha value is -3.99. The molecule has 2 heterocycles. The highest BCUT2D eigenvalue weighted by molar-refractivity contribution is 7.90. The number of ether oxygens (including phenoxy) is 1. The Morgan fingerprint density at radius 3 is 2.49 bits per heavy atom. The summed E-state index contributed by atoms with van der Waals surface area (Å²) in [7, 11) is -3.77. The Morgan fingerprint density at radius 2 is 1.87 bits per heavy atom. The third kappa shape index (κ3) is 6.03. The number of amides is 2. The fourth-order valence-electron chi connectivity index (χ4n) is 4.64. The molecular formula is C28H31FN4O5S. The van der Waals surface area contributed by atoms with Crippen molar-refractivity contribution in [3.8, 4) is 16.9 Å². The summed E-state index contributed by atoms with van der Waals surface area (Å²) in [5.41, 5.74) is 8.02. The van der Waals surface area contributed by atoms with Crippen LogP contribution in [0.25, 0.3) is 11.1 Å². The van der Waals surface area contributed by atoms with E-state index in [4.69, 9.17) is 10.5 Å². The minimum atomic E-state index is -3.77. The second-order valence-electron chi connectivity index (χ2n) is 9.31. The largest absolute Gasteiger partial charge is 0.491 e. The minimum Gasteiger partial charge on any atom is -0.491 e. The van der Waals surface area contributed by atoms with Gasteiger partial charge in [0.2, 0.25) is 5.91 Å². The Bertz CT molecular complexity index is 1510. The molecule has 0 saturated carbocycles. The Kier molecular flexibility index (Phi) is 8.19. The minimum absolute atomic E-state index is 0.0729. The molecule has 39 heavy (non-hydrogen) atoms. The van der Waals surface area contributed by atoms with Crippen LogP contribution in [0.3, 0.4) is 0 Å². The van der Waals surface area contributed by atoms with Crippen molar-refractivity contribution >= 4 is 27.5 Å². The first-order valence-corrected chi connectivity index (χ1v) is 14.5. The fraction of sp³-hybridized carbons (Fsp3) is 0.321. The molecule has 1 aliphatic rings. The number of likely N-dealkylation sites (N-methyl/N-ethyl adjacent to an activating group) is 1. The molecule has 2 aromatic carbocycles. The van der Waals surface area contributed by atoms with E-state index in [2.05, 4.69) is 4.98 Å². The molecule has 0 fully saturated rings. The molecule has 9 nitrogen and oxygen atoms in total. The van der Waals surface area contributed by atoms with Crippen LogP contribution in [0.1, 0.15) is 35.3 Å². The quantitative estimate of drug-likeness (QED) is 0.454. The van der Waals surface area contributed by atoms with Crippen LogP contribution in [-0.4, -0.2) is 62.6 Å². The molecule has 0 bridgehead atoms. The Balaban J connectivity index is 1.61. The van der Waals surface area contributed by atoms with Gasteiger partial charge in [0.25, 0.3) is 5.91 Å². The Labute approximate surface area is 227 Å². The van der Waals surface area contributed by atoms with Gasteiger partial charge in [0.05, 0.1) is 13.1 Å². The maximum absolute atomic E-state index is 15.1. The van der Waals surface area contributed by atoms with Gasteiger partial charge in [-0.25, -0.2) is 17.8 Å². The van der Waals surface area contributed by atoms with E-state index in [1.165, 1.54) is 6.07 Å². The van der Waals surface area contributed by atoms with E-state index in [9.17, 15) is 18.0 Å². The van der Waals surface area contributed by atoms with Gasteiger partial charge in [-0.3, -0.25) is 9.59 Å². The molecular weight excluding hydrogens is 523 g/mol. The lowest BCUT2D eigenvalue weighted by atomic mass is 10.0. The van der Waals surface area contributed by atoms with Gasteiger partial charge in [-0.1, -0.05) is 13.0 Å². The summed E-state index contributed by atoms with van der Waals surface area (Å²) in [5, 5.41) is 0. The second-order valence-corrected chi connectivity index (χ2v) is 11.3. The number of fused-ring (bicyclic) bond motifs is 1. The average Bonchev–Trinajstić information content (AvgIpc) is 3.12. The topological polar surface area (TPSA) is 123 Å². The number of aromatic nitrogens is 1. The third-order valence-corrected chi connectivity index (χ3v) is 7.77. The number of hydrogen-bond acceptors (Lipinski definition) is 7. The number of anilines is 1. The van der Waals surface area contributed by atoms with Crippen molar-refractivity contribution in [1.82, 2.24) is 9.88 Å². The average molecular weight is 555 g/mol. The standard InChI is InChI=1S/C28H31FN4O5S/c1-4-21-22(8-10-24(27(21)29)39(3,36)37)28(35)33-12-13-38-23-9-6-18(14-20(23)16-33)19-7-11-26(31-15-19)32(5-2)17-25(30)34/h6-11,14-15H,4-5,12-13,16-17H2,1-3H3,(H2,30,34). The molecule has 1 aliphatic heterocycles. The van der Waals surface area contributed by atoms with Crippen LogP contribution < -0.4 is 15.4 Å². The number of nitrogens with zero attached hydrogens (tertiary/aromatic N) is 3. The van der Waals surface area contributed by atoms with Crippen LogP contribution in [0.2, 0.25) is 0 Å². The van der Waals surface area contributed by atoms with E-state index in [0.29, 0.717) is 18.1 Å². The number of sulfone groups is 1. The predicted octanol–water partition coefficient (Wildman–Crippen LogP) is 3.20. The molecule has 11 heteroatoms. The summed E-state index contributed by atoms with van der Waals surface area (Å²) in [6, 6.07) is 11.9. The highest BCUT2D eigenvalue weighted by Crippen LogP contribution is 2.31. The molecule has 0 atom stereocenters. The summed E-state index contributed by atoms with van der Waals surface area (Å²) in [4.78, 5) is 32.3. The predicted molar refractivity (Wildman–Crippen MR) is 146 cm³/mol. The first-order chi connectivity index (χ1) is 18.5. The number of benzene rings is 2. The molecule has 0 unspecified atom stereocenters. The van der Waals surface area contributed by atoms with E-state index in [1.54, 1.807) is 22.9 Å². The van der Waals surface area contributed by atoms with Gasteiger partial charge in [-0.2, -0.15) is 0 Å². The van der Waals surface area contributed by atoms with Gasteiger partial charge < -0.3 is 20.3 Å². The number of hydrogen-bond donors (Lipinski definition) is 1. The molecule has 0 radical (unpaired) electrons. The zero-order chi connectivity index (χ0) is 28.3. The molecule has 3 aromatic rings. The van der Waals surface area contributed by atoms with Crippen LogP contribution >= 0.6 is 0 Å². The van der Waals surface area contributed by atoms with Crippen molar-refractivity contribution in [3.63, 3.8) is 0 Å². The monoisotopic (exact) mass is 554 g/mol. The maximum Gasteiger partial charge on any atom is 0.254 e. The van der Waals surface area contributed by atoms with E-state index in [0.717, 1.165) is 29.0 Å². The van der Waals surface area contributed by atoms with Crippen molar-refractivity contribution in [3.05, 3.63) is 71.2 Å². The lowest BCUT2D eigenvalue weighted by molar-refractivity contribution is -0.116. The third-order valence-electron chi connectivity index (χ3n) is 6.65. The maximum atomic E-state index is 15.1. The van der Waals surface area contributed by atoms with E-state index < -0.39 is 32.4 Å². The first-order valence-electron chi connectivity index (χ1n) is 12.6. The number of pyridine rings is 1. The number of nitrogens with two attached hydrogens (primary N) is 1. The molecule has 0 aliphatic carbocycles. The molecule has 2 N–H and O–H groups in total. The number of carbonyl (C=O) groups excluding carboxylic acids is 2. The lowest BCUT2D eigenvalue weighted by Gasteiger charge is -2.22. The first kappa shape index (κ1) is 28.0. The van der Waals surface area contributed by atoms with Crippen molar-refractivity contribution in [2.75, 3.05) is 37.4 Å². The summed E-state index contributed by atoms with van der Waals surface area (Å²) in [6.45, 7) is 5.02. The van der Waals surface area contributed by atoms with Crippen molar-refractivity contribution in [2.24, 2.45) is 5.73 Å². The SMILES string of the molecule is CCc1c(C(=O)N2CCOc3ccc(-c4ccc(N(CC)CC(N)=O)nc4)cc3C2)ccc(S(C)(=O)=O)c1F. The summed E-state index contributed by atoms with van der Waals surface area (Å²) >= 11 is 0. The van der Waals surface area contributed by atoms with Crippen molar-refractivity contribution < 1.29 is 27.1 Å². The normalized spacial score (nSPS) is 13.3. The Morgan fingerprint density at radius 1 is 1.13 bits per heavy atom. The zero-order valence-electron chi connectivity index (χ0n) is 22.1. The summed E-state index contributed by atoms with van der Waals surface area (Å²) in [5.74, 6) is -0.434. The summed E-state index contributed by atoms with van der Waals surface area (Å²) < 4.78 is 44.9. The zero-order valence-corrected chi connectivity index (χ0v) is 22.9. The van der Waals surface area contributed by atoms with E-state index in [-0.39, 0.29) is 43.8 Å². The molecule has 2 amide bonds. The van der Waals surface area contributed by atoms with Gasteiger partial charge in [-0.15, -0.1) is 0 Å².